The van der Waals surface area contributed by atoms with Gasteiger partial charge in [0.15, 0.2) is 0 Å². The first-order chi connectivity index (χ1) is 7.24. The Bertz CT molecular complexity index is 275. The lowest BCUT2D eigenvalue weighted by atomic mass is 10.2. The summed E-state index contributed by atoms with van der Waals surface area (Å²) in [4.78, 5) is 4.05. The van der Waals surface area contributed by atoms with E-state index in [1.165, 1.54) is 6.33 Å². The van der Waals surface area contributed by atoms with Gasteiger partial charge in [-0.2, -0.15) is 5.10 Å². The molecule has 15 heavy (non-hydrogen) atoms. The third-order valence-corrected chi connectivity index (χ3v) is 2.17. The van der Waals surface area contributed by atoms with E-state index in [0.29, 0.717) is 19.4 Å². The monoisotopic (exact) mass is 213 g/mol. The van der Waals surface area contributed by atoms with Crippen LogP contribution in [0.2, 0.25) is 0 Å². The van der Waals surface area contributed by atoms with Crippen LogP contribution in [0, 0.1) is 0 Å². The summed E-state index contributed by atoms with van der Waals surface area (Å²) in [6.07, 6.45) is 3.29. The average molecular weight is 213 g/mol. The third kappa shape index (κ3) is 4.40. The van der Waals surface area contributed by atoms with Crippen molar-refractivity contribution in [3.8, 4) is 0 Å². The number of aromatic nitrogens is 3. The first-order valence-electron chi connectivity index (χ1n) is 5.32. The molecular formula is C10H19N3O2. The predicted molar refractivity (Wildman–Crippen MR) is 56.4 cm³/mol. The summed E-state index contributed by atoms with van der Waals surface area (Å²) in [5.41, 5.74) is 0. The summed E-state index contributed by atoms with van der Waals surface area (Å²) in [5.74, 6) is 0.804. The SMILES string of the molecule is CCCOCCC(O)Cc1ncnn1C. The van der Waals surface area contributed by atoms with E-state index in [0.717, 1.165) is 18.9 Å². The Labute approximate surface area is 90.1 Å². The minimum Gasteiger partial charge on any atom is -0.393 e. The molecule has 0 fully saturated rings. The van der Waals surface area contributed by atoms with Gasteiger partial charge < -0.3 is 9.84 Å². The molecule has 86 valence electrons. The summed E-state index contributed by atoms with van der Waals surface area (Å²) in [5, 5.41) is 13.6. The lowest BCUT2D eigenvalue weighted by Gasteiger charge is -2.09. The highest BCUT2D eigenvalue weighted by molar-refractivity contribution is 4.86. The van der Waals surface area contributed by atoms with E-state index in [1.54, 1.807) is 4.68 Å². The fourth-order valence-electron chi connectivity index (χ4n) is 1.28. The van der Waals surface area contributed by atoms with Crippen LogP contribution < -0.4 is 0 Å². The Hall–Kier alpha value is -0.940. The van der Waals surface area contributed by atoms with Gasteiger partial charge in [0, 0.05) is 26.7 Å². The first-order valence-corrected chi connectivity index (χ1v) is 5.32. The largest absolute Gasteiger partial charge is 0.393 e. The summed E-state index contributed by atoms with van der Waals surface area (Å²) in [6, 6.07) is 0. The number of aliphatic hydroxyl groups is 1. The Morgan fingerprint density at radius 3 is 2.93 bits per heavy atom. The quantitative estimate of drug-likeness (QED) is 0.671. The summed E-state index contributed by atoms with van der Waals surface area (Å²) >= 11 is 0. The molecule has 0 aromatic carbocycles. The van der Waals surface area contributed by atoms with Crippen LogP contribution in [0.25, 0.3) is 0 Å². The molecule has 0 aliphatic rings. The van der Waals surface area contributed by atoms with Crippen molar-refractivity contribution in [1.82, 2.24) is 14.8 Å². The van der Waals surface area contributed by atoms with Crippen LogP contribution in [0.5, 0.6) is 0 Å². The van der Waals surface area contributed by atoms with E-state index in [4.69, 9.17) is 4.74 Å². The van der Waals surface area contributed by atoms with Gasteiger partial charge in [-0.25, -0.2) is 4.98 Å². The number of nitrogens with zero attached hydrogens (tertiary/aromatic N) is 3. The van der Waals surface area contributed by atoms with Crippen molar-refractivity contribution in [2.24, 2.45) is 7.05 Å². The molecule has 1 aromatic rings. The van der Waals surface area contributed by atoms with Gasteiger partial charge >= 0.3 is 0 Å². The molecule has 1 atom stereocenters. The molecule has 0 spiro atoms. The van der Waals surface area contributed by atoms with E-state index < -0.39 is 6.10 Å². The Morgan fingerprint density at radius 1 is 1.53 bits per heavy atom. The lowest BCUT2D eigenvalue weighted by molar-refractivity contribution is 0.0811. The topological polar surface area (TPSA) is 60.2 Å². The zero-order valence-corrected chi connectivity index (χ0v) is 9.39. The number of hydrogen-bond donors (Lipinski definition) is 1. The van der Waals surface area contributed by atoms with Crippen LogP contribution in [-0.4, -0.2) is 39.2 Å². The van der Waals surface area contributed by atoms with Crippen LogP contribution >= 0.6 is 0 Å². The molecule has 1 aromatic heterocycles. The molecular weight excluding hydrogens is 194 g/mol. The van der Waals surface area contributed by atoms with Crippen molar-refractivity contribution < 1.29 is 9.84 Å². The second-order valence-corrected chi connectivity index (χ2v) is 3.56. The van der Waals surface area contributed by atoms with Gasteiger partial charge in [-0.3, -0.25) is 4.68 Å². The molecule has 1 unspecified atom stereocenters. The van der Waals surface area contributed by atoms with Gasteiger partial charge in [0.25, 0.3) is 0 Å². The molecule has 0 bridgehead atoms. The maximum absolute atomic E-state index is 9.68. The van der Waals surface area contributed by atoms with Crippen molar-refractivity contribution >= 4 is 0 Å². The molecule has 5 heteroatoms. The molecule has 1 N–H and O–H groups in total. The summed E-state index contributed by atoms with van der Waals surface area (Å²) < 4.78 is 6.98. The second-order valence-electron chi connectivity index (χ2n) is 3.56. The van der Waals surface area contributed by atoms with E-state index >= 15 is 0 Å². The van der Waals surface area contributed by atoms with Crippen LogP contribution in [0.1, 0.15) is 25.6 Å². The van der Waals surface area contributed by atoms with E-state index in [2.05, 4.69) is 17.0 Å². The lowest BCUT2D eigenvalue weighted by Crippen LogP contribution is -2.16. The standard InChI is InChI=1S/C10H19N3O2/c1-3-5-15-6-4-9(14)7-10-11-8-12-13(10)2/h8-9,14H,3-7H2,1-2H3. The van der Waals surface area contributed by atoms with Gasteiger partial charge in [-0.1, -0.05) is 6.92 Å². The van der Waals surface area contributed by atoms with Gasteiger partial charge in [0.1, 0.15) is 12.2 Å². The van der Waals surface area contributed by atoms with Gasteiger partial charge in [0.2, 0.25) is 0 Å². The van der Waals surface area contributed by atoms with Crippen LogP contribution in [0.15, 0.2) is 6.33 Å². The maximum atomic E-state index is 9.68. The zero-order valence-electron chi connectivity index (χ0n) is 9.39. The predicted octanol–water partition coefficient (Wildman–Crippen LogP) is 0.535. The molecule has 1 heterocycles. The number of rotatable bonds is 7. The van der Waals surface area contributed by atoms with Crippen molar-refractivity contribution in [3.05, 3.63) is 12.2 Å². The van der Waals surface area contributed by atoms with Crippen LogP contribution in [0.3, 0.4) is 0 Å². The number of ether oxygens (including phenoxy) is 1. The Kier molecular flexibility index (Phi) is 5.28. The molecule has 0 saturated heterocycles. The fraction of sp³-hybridized carbons (Fsp3) is 0.800. The van der Waals surface area contributed by atoms with Crippen molar-refractivity contribution in [3.63, 3.8) is 0 Å². The highest BCUT2D eigenvalue weighted by Crippen LogP contribution is 2.02. The molecule has 0 aliphatic heterocycles. The second kappa shape index (κ2) is 6.53. The zero-order chi connectivity index (χ0) is 11.1. The fourth-order valence-corrected chi connectivity index (χ4v) is 1.28. The molecule has 5 nitrogen and oxygen atoms in total. The van der Waals surface area contributed by atoms with Gasteiger partial charge in [0.05, 0.1) is 6.10 Å². The van der Waals surface area contributed by atoms with Crippen molar-refractivity contribution in [2.45, 2.75) is 32.3 Å². The highest BCUT2D eigenvalue weighted by atomic mass is 16.5. The van der Waals surface area contributed by atoms with Gasteiger partial charge in [-0.15, -0.1) is 0 Å². The van der Waals surface area contributed by atoms with E-state index in [1.807, 2.05) is 7.05 Å². The normalized spacial score (nSPS) is 13.0. The summed E-state index contributed by atoms with van der Waals surface area (Å²) in [7, 11) is 1.82. The van der Waals surface area contributed by atoms with Gasteiger partial charge in [-0.05, 0) is 12.8 Å². The smallest absolute Gasteiger partial charge is 0.138 e. The molecule has 0 amide bonds. The highest BCUT2D eigenvalue weighted by Gasteiger charge is 2.09. The van der Waals surface area contributed by atoms with Crippen molar-refractivity contribution in [2.75, 3.05) is 13.2 Å². The summed E-state index contributed by atoms with van der Waals surface area (Å²) in [6.45, 7) is 3.43. The molecule has 0 radical (unpaired) electrons. The van der Waals surface area contributed by atoms with Crippen molar-refractivity contribution in [1.29, 1.82) is 0 Å². The minimum absolute atomic E-state index is 0.398. The maximum Gasteiger partial charge on any atom is 0.138 e. The number of aliphatic hydroxyl groups excluding tert-OH is 1. The Morgan fingerprint density at radius 2 is 2.33 bits per heavy atom. The Balaban J connectivity index is 2.18. The third-order valence-electron chi connectivity index (χ3n) is 2.17. The average Bonchev–Trinajstić information content (AvgIpc) is 2.59. The van der Waals surface area contributed by atoms with Crippen LogP contribution in [-0.2, 0) is 18.2 Å². The van der Waals surface area contributed by atoms with Crippen LogP contribution in [0.4, 0.5) is 0 Å². The minimum atomic E-state index is -0.398. The number of hydrogen-bond acceptors (Lipinski definition) is 4. The molecule has 0 aliphatic carbocycles. The molecule has 1 rings (SSSR count). The number of aryl methyl sites for hydroxylation is 1. The first kappa shape index (κ1) is 12.1. The van der Waals surface area contributed by atoms with E-state index in [9.17, 15) is 5.11 Å². The molecule has 0 saturated carbocycles. The van der Waals surface area contributed by atoms with E-state index in [-0.39, 0.29) is 0 Å².